The summed E-state index contributed by atoms with van der Waals surface area (Å²) >= 11 is 0. The van der Waals surface area contributed by atoms with Gasteiger partial charge in [0.25, 0.3) is 0 Å². The molecule has 0 saturated heterocycles. The highest BCUT2D eigenvalue weighted by molar-refractivity contribution is 5.84. The summed E-state index contributed by atoms with van der Waals surface area (Å²) in [6.45, 7) is 6.19. The molecule has 0 aliphatic carbocycles. The van der Waals surface area contributed by atoms with Crippen molar-refractivity contribution in [3.63, 3.8) is 0 Å². The van der Waals surface area contributed by atoms with Crippen LogP contribution in [-0.2, 0) is 12.0 Å². The molecule has 118 valence electrons. The first kappa shape index (κ1) is 15.6. The first-order valence-electron chi connectivity index (χ1n) is 8.06. The Morgan fingerprint density at radius 3 is 2.09 bits per heavy atom. The van der Waals surface area contributed by atoms with Gasteiger partial charge in [0.1, 0.15) is 11.5 Å². The highest BCUT2D eigenvalue weighted by Gasteiger charge is 2.14. The van der Waals surface area contributed by atoms with E-state index in [0.717, 1.165) is 28.9 Å². The van der Waals surface area contributed by atoms with Gasteiger partial charge in [-0.25, -0.2) is 0 Å². The van der Waals surface area contributed by atoms with E-state index in [1.165, 1.54) is 10.9 Å². The SMILES string of the molecule is CCc1ccc(Oc2ccc3cc(C(C)(C)N)ccc3c2)cc1. The molecule has 3 aromatic carbocycles. The van der Waals surface area contributed by atoms with E-state index >= 15 is 0 Å². The number of fused-ring (bicyclic) bond motifs is 1. The summed E-state index contributed by atoms with van der Waals surface area (Å²) in [5, 5.41) is 2.33. The second-order valence-electron chi connectivity index (χ2n) is 6.54. The van der Waals surface area contributed by atoms with E-state index < -0.39 is 0 Å². The number of rotatable bonds is 4. The Kier molecular flexibility index (Phi) is 4.10. The molecule has 0 aliphatic rings. The molecule has 0 fully saturated rings. The van der Waals surface area contributed by atoms with E-state index in [2.05, 4.69) is 49.4 Å². The smallest absolute Gasteiger partial charge is 0.128 e. The maximum atomic E-state index is 6.18. The predicted molar refractivity (Wildman–Crippen MR) is 97.1 cm³/mol. The van der Waals surface area contributed by atoms with E-state index in [0.29, 0.717) is 0 Å². The van der Waals surface area contributed by atoms with Crippen molar-refractivity contribution in [1.82, 2.24) is 0 Å². The highest BCUT2D eigenvalue weighted by Crippen LogP contribution is 2.28. The second kappa shape index (κ2) is 6.05. The van der Waals surface area contributed by atoms with E-state index in [-0.39, 0.29) is 5.54 Å². The number of aryl methyl sites for hydroxylation is 1. The third-order valence-corrected chi connectivity index (χ3v) is 4.12. The van der Waals surface area contributed by atoms with Crippen LogP contribution in [0.2, 0.25) is 0 Å². The lowest BCUT2D eigenvalue weighted by Gasteiger charge is -2.19. The van der Waals surface area contributed by atoms with Gasteiger partial charge >= 0.3 is 0 Å². The number of benzene rings is 3. The molecule has 2 heteroatoms. The zero-order valence-electron chi connectivity index (χ0n) is 14.0. The summed E-state index contributed by atoms with van der Waals surface area (Å²) in [4.78, 5) is 0. The van der Waals surface area contributed by atoms with Crippen LogP contribution in [0.4, 0.5) is 0 Å². The maximum absolute atomic E-state index is 6.18. The fourth-order valence-corrected chi connectivity index (χ4v) is 2.62. The van der Waals surface area contributed by atoms with Crippen LogP contribution in [0.5, 0.6) is 11.5 Å². The van der Waals surface area contributed by atoms with Gasteiger partial charge in [-0.1, -0.05) is 37.3 Å². The summed E-state index contributed by atoms with van der Waals surface area (Å²) in [7, 11) is 0. The average molecular weight is 305 g/mol. The van der Waals surface area contributed by atoms with Crippen LogP contribution in [0.25, 0.3) is 10.8 Å². The van der Waals surface area contributed by atoms with Crippen molar-refractivity contribution >= 4 is 10.8 Å². The molecule has 0 bridgehead atoms. The van der Waals surface area contributed by atoms with Gasteiger partial charge in [0.15, 0.2) is 0 Å². The van der Waals surface area contributed by atoms with Crippen LogP contribution in [0.15, 0.2) is 60.7 Å². The Hall–Kier alpha value is -2.32. The standard InChI is InChI=1S/C21H23NO/c1-4-15-5-10-19(11-6-15)23-20-12-8-16-13-18(21(2,3)22)9-7-17(16)14-20/h5-14H,4,22H2,1-3H3. The van der Waals surface area contributed by atoms with Crippen molar-refractivity contribution in [2.24, 2.45) is 5.73 Å². The third kappa shape index (κ3) is 3.54. The minimum Gasteiger partial charge on any atom is -0.457 e. The Bertz CT molecular complexity index is 813. The second-order valence-corrected chi connectivity index (χ2v) is 6.54. The number of nitrogens with two attached hydrogens (primary N) is 1. The zero-order chi connectivity index (χ0) is 16.4. The van der Waals surface area contributed by atoms with E-state index in [9.17, 15) is 0 Å². The molecule has 0 spiro atoms. The normalized spacial score (nSPS) is 11.7. The lowest BCUT2D eigenvalue weighted by Crippen LogP contribution is -2.28. The summed E-state index contributed by atoms with van der Waals surface area (Å²) in [6.07, 6.45) is 1.04. The molecule has 0 saturated carbocycles. The Balaban J connectivity index is 1.87. The number of hydrogen-bond acceptors (Lipinski definition) is 2. The zero-order valence-corrected chi connectivity index (χ0v) is 14.0. The average Bonchev–Trinajstić information content (AvgIpc) is 2.54. The summed E-state index contributed by atoms with van der Waals surface area (Å²) in [5.41, 5.74) is 8.30. The number of hydrogen-bond donors (Lipinski definition) is 1. The molecule has 23 heavy (non-hydrogen) atoms. The third-order valence-electron chi connectivity index (χ3n) is 4.12. The van der Waals surface area contributed by atoms with Gasteiger partial charge in [0.2, 0.25) is 0 Å². The number of ether oxygens (including phenoxy) is 1. The summed E-state index contributed by atoms with van der Waals surface area (Å²) in [6, 6.07) is 20.7. The van der Waals surface area contributed by atoms with Crippen LogP contribution in [-0.4, -0.2) is 0 Å². The minimum absolute atomic E-state index is 0.329. The van der Waals surface area contributed by atoms with Crippen LogP contribution in [0.3, 0.4) is 0 Å². The van der Waals surface area contributed by atoms with E-state index in [1.54, 1.807) is 0 Å². The van der Waals surface area contributed by atoms with Gasteiger partial charge in [-0.2, -0.15) is 0 Å². The van der Waals surface area contributed by atoms with Crippen molar-refractivity contribution in [3.05, 3.63) is 71.8 Å². The molecule has 0 amide bonds. The summed E-state index contributed by atoms with van der Waals surface area (Å²) in [5.74, 6) is 1.71. The highest BCUT2D eigenvalue weighted by atomic mass is 16.5. The van der Waals surface area contributed by atoms with E-state index in [1.807, 2.05) is 32.0 Å². The topological polar surface area (TPSA) is 35.2 Å². The Morgan fingerprint density at radius 2 is 1.43 bits per heavy atom. The molecule has 0 aliphatic heterocycles. The first-order valence-corrected chi connectivity index (χ1v) is 8.06. The predicted octanol–water partition coefficient (Wildman–Crippen LogP) is 5.39. The Morgan fingerprint density at radius 1 is 0.826 bits per heavy atom. The quantitative estimate of drug-likeness (QED) is 0.701. The molecular weight excluding hydrogens is 282 g/mol. The molecule has 3 aromatic rings. The summed E-state index contributed by atoms with van der Waals surface area (Å²) < 4.78 is 5.96. The van der Waals surface area contributed by atoms with Gasteiger partial charge in [0.05, 0.1) is 0 Å². The van der Waals surface area contributed by atoms with Crippen LogP contribution < -0.4 is 10.5 Å². The molecule has 0 atom stereocenters. The molecular formula is C21H23NO. The molecule has 2 N–H and O–H groups in total. The van der Waals surface area contributed by atoms with Gasteiger partial charge in [0, 0.05) is 5.54 Å². The van der Waals surface area contributed by atoms with Crippen LogP contribution >= 0.6 is 0 Å². The molecule has 0 unspecified atom stereocenters. The lowest BCUT2D eigenvalue weighted by atomic mass is 9.93. The first-order chi connectivity index (χ1) is 11.0. The monoisotopic (exact) mass is 305 g/mol. The molecule has 0 aromatic heterocycles. The minimum atomic E-state index is -0.329. The fraction of sp³-hybridized carbons (Fsp3) is 0.238. The van der Waals surface area contributed by atoms with Crippen molar-refractivity contribution in [3.8, 4) is 11.5 Å². The van der Waals surface area contributed by atoms with Crippen molar-refractivity contribution < 1.29 is 4.74 Å². The maximum Gasteiger partial charge on any atom is 0.128 e. The van der Waals surface area contributed by atoms with Gasteiger partial charge in [-0.3, -0.25) is 0 Å². The molecule has 0 heterocycles. The Labute approximate surface area is 137 Å². The van der Waals surface area contributed by atoms with Crippen LogP contribution in [0.1, 0.15) is 31.9 Å². The molecule has 0 radical (unpaired) electrons. The van der Waals surface area contributed by atoms with Gasteiger partial charge in [-0.05, 0) is 72.5 Å². The largest absolute Gasteiger partial charge is 0.457 e. The van der Waals surface area contributed by atoms with Gasteiger partial charge < -0.3 is 10.5 Å². The van der Waals surface area contributed by atoms with Crippen molar-refractivity contribution in [2.45, 2.75) is 32.7 Å². The molecule has 3 rings (SSSR count). The van der Waals surface area contributed by atoms with Gasteiger partial charge in [-0.15, -0.1) is 0 Å². The van der Waals surface area contributed by atoms with Crippen molar-refractivity contribution in [2.75, 3.05) is 0 Å². The van der Waals surface area contributed by atoms with Crippen molar-refractivity contribution in [1.29, 1.82) is 0 Å². The van der Waals surface area contributed by atoms with Crippen LogP contribution in [0, 0.1) is 0 Å². The van der Waals surface area contributed by atoms with E-state index in [4.69, 9.17) is 10.5 Å². The fourth-order valence-electron chi connectivity index (χ4n) is 2.62. The molecule has 2 nitrogen and oxygen atoms in total. The lowest BCUT2D eigenvalue weighted by molar-refractivity contribution is 0.483.